The molecule has 7 heteroatoms. The standard InChI is InChI=1S/C22H25N5O2/c1-23-22(28)27-13-17-4-3-5-18(12-17)19-14-25-21(26-15-19)24-11-10-16-6-8-20(29-2)9-7-16/h3-9,12,14-15H,10-11,13H2,1-2H3,(H2,23,27,28)(H,24,25,26). The van der Waals surface area contributed by atoms with Crippen LogP contribution in [0.15, 0.2) is 60.9 Å². The fourth-order valence-electron chi connectivity index (χ4n) is 2.81. The van der Waals surface area contributed by atoms with Crippen LogP contribution in [0.2, 0.25) is 0 Å². The van der Waals surface area contributed by atoms with Crippen molar-refractivity contribution in [2.45, 2.75) is 13.0 Å². The van der Waals surface area contributed by atoms with Gasteiger partial charge in [-0.3, -0.25) is 0 Å². The summed E-state index contributed by atoms with van der Waals surface area (Å²) in [5.41, 5.74) is 4.16. The van der Waals surface area contributed by atoms with Crippen molar-refractivity contribution in [2.24, 2.45) is 0 Å². The Morgan fingerprint density at radius 1 is 1.00 bits per heavy atom. The highest BCUT2D eigenvalue weighted by atomic mass is 16.5. The number of hydrogen-bond donors (Lipinski definition) is 3. The number of carbonyl (C=O) groups is 1. The minimum atomic E-state index is -0.205. The van der Waals surface area contributed by atoms with Gasteiger partial charge in [-0.05, 0) is 41.3 Å². The number of anilines is 1. The molecule has 0 aliphatic heterocycles. The van der Waals surface area contributed by atoms with E-state index in [9.17, 15) is 4.79 Å². The molecule has 0 fully saturated rings. The molecule has 1 heterocycles. The van der Waals surface area contributed by atoms with Crippen LogP contribution in [0.25, 0.3) is 11.1 Å². The van der Waals surface area contributed by atoms with Crippen molar-refractivity contribution in [3.63, 3.8) is 0 Å². The van der Waals surface area contributed by atoms with Crippen LogP contribution in [0.1, 0.15) is 11.1 Å². The maximum absolute atomic E-state index is 11.3. The van der Waals surface area contributed by atoms with Gasteiger partial charge in [0.15, 0.2) is 0 Å². The lowest BCUT2D eigenvalue weighted by atomic mass is 10.1. The lowest BCUT2D eigenvalue weighted by Crippen LogP contribution is -2.32. The molecule has 150 valence electrons. The number of carbonyl (C=O) groups excluding carboxylic acids is 1. The van der Waals surface area contributed by atoms with E-state index in [1.807, 2.05) is 36.4 Å². The van der Waals surface area contributed by atoms with E-state index < -0.39 is 0 Å². The number of aromatic nitrogens is 2. The molecule has 2 aromatic carbocycles. The predicted octanol–water partition coefficient (Wildman–Crippen LogP) is 3.24. The Bertz CT molecular complexity index is 927. The van der Waals surface area contributed by atoms with Crippen molar-refractivity contribution in [1.29, 1.82) is 0 Å². The lowest BCUT2D eigenvalue weighted by Gasteiger charge is -2.08. The molecule has 0 atom stereocenters. The first-order valence-corrected chi connectivity index (χ1v) is 9.41. The van der Waals surface area contributed by atoms with Gasteiger partial charge < -0.3 is 20.7 Å². The molecule has 29 heavy (non-hydrogen) atoms. The zero-order valence-corrected chi connectivity index (χ0v) is 16.6. The van der Waals surface area contributed by atoms with Gasteiger partial charge in [0, 0.05) is 38.1 Å². The van der Waals surface area contributed by atoms with Crippen LogP contribution in [0, 0.1) is 0 Å². The molecule has 3 rings (SSSR count). The van der Waals surface area contributed by atoms with Crippen LogP contribution in [-0.2, 0) is 13.0 Å². The third-order valence-corrected chi connectivity index (χ3v) is 4.45. The van der Waals surface area contributed by atoms with Gasteiger partial charge in [-0.1, -0.05) is 30.3 Å². The lowest BCUT2D eigenvalue weighted by molar-refractivity contribution is 0.242. The van der Waals surface area contributed by atoms with Gasteiger partial charge in [-0.2, -0.15) is 0 Å². The number of nitrogens with zero attached hydrogens (tertiary/aromatic N) is 2. The van der Waals surface area contributed by atoms with Gasteiger partial charge in [0.1, 0.15) is 5.75 Å². The molecule has 0 aliphatic carbocycles. The number of methoxy groups -OCH3 is 1. The van der Waals surface area contributed by atoms with Gasteiger partial charge in [0.25, 0.3) is 0 Å². The molecular formula is C22H25N5O2. The third kappa shape index (κ3) is 5.93. The molecule has 0 saturated heterocycles. The van der Waals surface area contributed by atoms with Gasteiger partial charge in [0.2, 0.25) is 5.95 Å². The van der Waals surface area contributed by atoms with Crippen molar-refractivity contribution < 1.29 is 9.53 Å². The van der Waals surface area contributed by atoms with E-state index in [2.05, 4.69) is 38.1 Å². The summed E-state index contributed by atoms with van der Waals surface area (Å²) in [5.74, 6) is 1.45. The Kier molecular flexibility index (Phi) is 7.00. The fourth-order valence-corrected chi connectivity index (χ4v) is 2.81. The van der Waals surface area contributed by atoms with E-state index in [0.29, 0.717) is 12.5 Å². The first kappa shape index (κ1) is 20.1. The second-order valence-corrected chi connectivity index (χ2v) is 6.45. The predicted molar refractivity (Wildman–Crippen MR) is 114 cm³/mol. The Balaban J connectivity index is 1.54. The van der Waals surface area contributed by atoms with Gasteiger partial charge >= 0.3 is 6.03 Å². The van der Waals surface area contributed by atoms with Crippen LogP contribution in [-0.4, -0.2) is 36.7 Å². The first-order valence-electron chi connectivity index (χ1n) is 9.41. The van der Waals surface area contributed by atoms with E-state index in [-0.39, 0.29) is 6.03 Å². The maximum atomic E-state index is 11.3. The molecule has 0 bridgehead atoms. The zero-order valence-electron chi connectivity index (χ0n) is 16.6. The Labute approximate surface area is 170 Å². The van der Waals surface area contributed by atoms with Crippen molar-refractivity contribution in [3.8, 4) is 16.9 Å². The molecule has 0 radical (unpaired) electrons. The van der Waals surface area contributed by atoms with E-state index >= 15 is 0 Å². The van der Waals surface area contributed by atoms with Crippen molar-refractivity contribution in [1.82, 2.24) is 20.6 Å². The summed E-state index contributed by atoms with van der Waals surface area (Å²) in [7, 11) is 3.26. The molecule has 0 aliphatic rings. The van der Waals surface area contributed by atoms with Crippen molar-refractivity contribution >= 4 is 12.0 Å². The highest BCUT2D eigenvalue weighted by molar-refractivity contribution is 5.73. The van der Waals surface area contributed by atoms with E-state index in [1.165, 1.54) is 5.56 Å². The van der Waals surface area contributed by atoms with Gasteiger partial charge in [0.05, 0.1) is 7.11 Å². The average Bonchev–Trinajstić information content (AvgIpc) is 2.78. The van der Waals surface area contributed by atoms with Crippen LogP contribution >= 0.6 is 0 Å². The van der Waals surface area contributed by atoms with Gasteiger partial charge in [-0.25, -0.2) is 14.8 Å². The summed E-state index contributed by atoms with van der Waals surface area (Å²) in [6.45, 7) is 1.20. The normalized spacial score (nSPS) is 10.3. The quantitative estimate of drug-likeness (QED) is 0.549. The molecule has 2 amide bonds. The Morgan fingerprint density at radius 3 is 2.45 bits per heavy atom. The Hall–Kier alpha value is -3.61. The Morgan fingerprint density at radius 2 is 1.76 bits per heavy atom. The first-order chi connectivity index (χ1) is 14.2. The molecule has 3 aromatic rings. The summed E-state index contributed by atoms with van der Waals surface area (Å²) in [6.07, 6.45) is 4.47. The number of rotatable bonds is 8. The number of amides is 2. The second kappa shape index (κ2) is 10.1. The highest BCUT2D eigenvalue weighted by Gasteiger charge is 2.04. The summed E-state index contributed by atoms with van der Waals surface area (Å²) < 4.78 is 5.17. The van der Waals surface area contributed by atoms with Crippen LogP contribution in [0.3, 0.4) is 0 Å². The van der Waals surface area contributed by atoms with E-state index in [1.54, 1.807) is 26.6 Å². The number of benzene rings is 2. The molecule has 3 N–H and O–H groups in total. The average molecular weight is 391 g/mol. The summed E-state index contributed by atoms with van der Waals surface area (Å²) in [6, 6.07) is 15.8. The third-order valence-electron chi connectivity index (χ3n) is 4.45. The highest BCUT2D eigenvalue weighted by Crippen LogP contribution is 2.19. The van der Waals surface area contributed by atoms with Crippen LogP contribution in [0.4, 0.5) is 10.7 Å². The smallest absolute Gasteiger partial charge is 0.314 e. The molecule has 7 nitrogen and oxygen atoms in total. The van der Waals surface area contributed by atoms with Crippen molar-refractivity contribution in [2.75, 3.05) is 26.0 Å². The fraction of sp³-hybridized carbons (Fsp3) is 0.227. The minimum absolute atomic E-state index is 0.205. The van der Waals surface area contributed by atoms with E-state index in [0.717, 1.165) is 35.4 Å². The summed E-state index contributed by atoms with van der Waals surface area (Å²) in [5, 5.41) is 8.56. The molecule has 0 spiro atoms. The van der Waals surface area contributed by atoms with Crippen LogP contribution < -0.4 is 20.7 Å². The molecule has 0 saturated carbocycles. The number of hydrogen-bond acceptors (Lipinski definition) is 5. The van der Waals surface area contributed by atoms with Gasteiger partial charge in [-0.15, -0.1) is 0 Å². The maximum Gasteiger partial charge on any atom is 0.314 e. The molecular weight excluding hydrogens is 366 g/mol. The summed E-state index contributed by atoms with van der Waals surface area (Å²) >= 11 is 0. The topological polar surface area (TPSA) is 88.2 Å². The van der Waals surface area contributed by atoms with Crippen molar-refractivity contribution in [3.05, 3.63) is 72.1 Å². The van der Waals surface area contributed by atoms with E-state index in [4.69, 9.17) is 4.74 Å². The largest absolute Gasteiger partial charge is 0.497 e. The molecule has 1 aromatic heterocycles. The number of ether oxygens (including phenoxy) is 1. The summed E-state index contributed by atoms with van der Waals surface area (Å²) in [4.78, 5) is 20.1. The second-order valence-electron chi connectivity index (χ2n) is 6.45. The number of nitrogens with one attached hydrogen (secondary N) is 3. The SMILES string of the molecule is CNC(=O)NCc1cccc(-c2cnc(NCCc3ccc(OC)cc3)nc2)c1. The number of urea groups is 1. The molecule has 0 unspecified atom stereocenters. The van der Waals surface area contributed by atoms with Crippen LogP contribution in [0.5, 0.6) is 5.75 Å². The monoisotopic (exact) mass is 391 g/mol. The zero-order chi connectivity index (χ0) is 20.5. The minimum Gasteiger partial charge on any atom is -0.497 e.